The minimum atomic E-state index is -0.206. The molecule has 0 atom stereocenters. The summed E-state index contributed by atoms with van der Waals surface area (Å²) in [7, 11) is 3.25. The molecule has 0 aliphatic carbocycles. The number of aromatic nitrogens is 2. The van der Waals surface area contributed by atoms with E-state index in [0.29, 0.717) is 18.1 Å². The first-order chi connectivity index (χ1) is 7.97. The Balaban J connectivity index is 2.68. The number of thioether (sulfide) groups is 1. The predicted octanol–water partition coefficient (Wildman–Crippen LogP) is 1.78. The molecule has 96 valence electrons. The Labute approximate surface area is 106 Å². The molecule has 1 rings (SSSR count). The van der Waals surface area contributed by atoms with E-state index in [1.54, 1.807) is 4.68 Å². The van der Waals surface area contributed by atoms with Gasteiger partial charge in [-0.1, -0.05) is 13.8 Å². The first-order valence-electron chi connectivity index (χ1n) is 5.49. The van der Waals surface area contributed by atoms with Gasteiger partial charge in [-0.15, -0.1) is 11.8 Å². The summed E-state index contributed by atoms with van der Waals surface area (Å²) in [6, 6.07) is 0. The van der Waals surface area contributed by atoms with Gasteiger partial charge in [0.25, 0.3) is 0 Å². The second-order valence-corrected chi connectivity index (χ2v) is 5.14. The van der Waals surface area contributed by atoms with E-state index in [1.807, 2.05) is 7.05 Å². The maximum absolute atomic E-state index is 11.0. The van der Waals surface area contributed by atoms with E-state index >= 15 is 0 Å². The van der Waals surface area contributed by atoms with Gasteiger partial charge in [0.1, 0.15) is 5.03 Å². The third-order valence-electron chi connectivity index (χ3n) is 2.38. The molecule has 0 saturated carbocycles. The number of hydrogen-bond acceptors (Lipinski definition) is 5. The third-order valence-corrected chi connectivity index (χ3v) is 3.54. The van der Waals surface area contributed by atoms with Crippen LogP contribution in [0.1, 0.15) is 31.9 Å². The van der Waals surface area contributed by atoms with Gasteiger partial charge in [-0.05, 0) is 5.92 Å². The van der Waals surface area contributed by atoms with E-state index in [9.17, 15) is 4.79 Å². The number of methoxy groups -OCH3 is 1. The second kappa shape index (κ2) is 5.95. The highest BCUT2D eigenvalue weighted by molar-refractivity contribution is 7.99. The van der Waals surface area contributed by atoms with E-state index in [0.717, 1.165) is 16.4 Å². The molecule has 1 heterocycles. The predicted molar refractivity (Wildman–Crippen MR) is 69.1 cm³/mol. The molecule has 0 radical (unpaired) electrons. The molecule has 0 unspecified atom stereocenters. The molecule has 0 saturated heterocycles. The summed E-state index contributed by atoms with van der Waals surface area (Å²) in [5.41, 5.74) is 7.66. The van der Waals surface area contributed by atoms with Crippen molar-refractivity contribution >= 4 is 23.4 Å². The molecule has 17 heavy (non-hydrogen) atoms. The van der Waals surface area contributed by atoms with Crippen LogP contribution >= 0.6 is 11.8 Å². The van der Waals surface area contributed by atoms with Gasteiger partial charge >= 0.3 is 5.97 Å². The smallest absolute Gasteiger partial charge is 0.306 e. The lowest BCUT2D eigenvalue weighted by atomic mass is 10.1. The summed E-state index contributed by atoms with van der Waals surface area (Å²) in [4.78, 5) is 11.0. The van der Waals surface area contributed by atoms with Crippen molar-refractivity contribution in [2.24, 2.45) is 7.05 Å². The number of aryl methyl sites for hydroxylation is 1. The van der Waals surface area contributed by atoms with Crippen LogP contribution in [0.2, 0.25) is 0 Å². The van der Waals surface area contributed by atoms with E-state index in [4.69, 9.17) is 5.73 Å². The molecular formula is C11H19N3O2S. The number of rotatable bonds is 5. The summed E-state index contributed by atoms with van der Waals surface area (Å²) in [6.45, 7) is 4.11. The Bertz CT molecular complexity index is 402. The fraction of sp³-hybridized carbons (Fsp3) is 0.636. The third kappa shape index (κ3) is 3.39. The molecule has 0 amide bonds. The van der Waals surface area contributed by atoms with Crippen molar-refractivity contribution in [3.8, 4) is 0 Å². The lowest BCUT2D eigenvalue weighted by Gasteiger charge is -2.03. The fourth-order valence-corrected chi connectivity index (χ4v) is 2.43. The van der Waals surface area contributed by atoms with E-state index < -0.39 is 0 Å². The maximum Gasteiger partial charge on any atom is 0.306 e. The van der Waals surface area contributed by atoms with Gasteiger partial charge in [-0.25, -0.2) is 0 Å². The molecule has 1 aromatic heterocycles. The van der Waals surface area contributed by atoms with Gasteiger partial charge in [0.15, 0.2) is 0 Å². The zero-order chi connectivity index (χ0) is 13.0. The first-order valence-corrected chi connectivity index (χ1v) is 6.47. The number of esters is 1. The number of hydrogen-bond donors (Lipinski definition) is 1. The zero-order valence-electron chi connectivity index (χ0n) is 10.7. The topological polar surface area (TPSA) is 70.1 Å². The number of nitrogen functional groups attached to an aromatic ring is 1. The molecule has 6 heteroatoms. The van der Waals surface area contributed by atoms with Crippen molar-refractivity contribution in [2.45, 2.75) is 31.2 Å². The van der Waals surface area contributed by atoms with Crippen molar-refractivity contribution in [3.63, 3.8) is 0 Å². The average Bonchev–Trinajstić information content (AvgIpc) is 2.56. The number of carbonyl (C=O) groups excluding carboxylic acids is 1. The molecule has 2 N–H and O–H groups in total. The average molecular weight is 257 g/mol. The van der Waals surface area contributed by atoms with Crippen LogP contribution in [0.5, 0.6) is 0 Å². The fourth-order valence-electron chi connectivity index (χ4n) is 1.48. The van der Waals surface area contributed by atoms with E-state index in [-0.39, 0.29) is 5.97 Å². The van der Waals surface area contributed by atoms with Crippen molar-refractivity contribution < 1.29 is 9.53 Å². The summed E-state index contributed by atoms with van der Waals surface area (Å²) in [5.74, 6) is 0.743. The quantitative estimate of drug-likeness (QED) is 0.643. The summed E-state index contributed by atoms with van der Waals surface area (Å²) >= 11 is 1.53. The first kappa shape index (κ1) is 13.9. The normalized spacial score (nSPS) is 10.9. The van der Waals surface area contributed by atoms with Gasteiger partial charge in [-0.2, -0.15) is 5.10 Å². The number of ether oxygens (including phenoxy) is 1. The summed E-state index contributed by atoms with van der Waals surface area (Å²) < 4.78 is 6.36. The number of nitrogens with two attached hydrogens (primary N) is 1. The molecule has 0 aliphatic rings. The second-order valence-electron chi connectivity index (χ2n) is 4.06. The summed E-state index contributed by atoms with van der Waals surface area (Å²) in [5, 5.41) is 5.30. The van der Waals surface area contributed by atoms with Crippen LogP contribution in [0.25, 0.3) is 0 Å². The van der Waals surface area contributed by atoms with Crippen LogP contribution in [0.4, 0.5) is 5.69 Å². The number of nitrogens with zero attached hydrogens (tertiary/aromatic N) is 2. The van der Waals surface area contributed by atoms with Crippen molar-refractivity contribution in [1.29, 1.82) is 0 Å². The Kier molecular flexibility index (Phi) is 4.86. The highest BCUT2D eigenvalue weighted by atomic mass is 32.2. The van der Waals surface area contributed by atoms with Crippen molar-refractivity contribution in [3.05, 3.63) is 5.69 Å². The monoisotopic (exact) mass is 257 g/mol. The Morgan fingerprint density at radius 3 is 2.71 bits per heavy atom. The zero-order valence-corrected chi connectivity index (χ0v) is 11.5. The molecule has 0 spiro atoms. The van der Waals surface area contributed by atoms with Crippen LogP contribution in [-0.4, -0.2) is 28.6 Å². The highest BCUT2D eigenvalue weighted by Gasteiger charge is 2.16. The molecule has 0 aliphatic heterocycles. The number of anilines is 1. The molecule has 0 aromatic carbocycles. The lowest BCUT2D eigenvalue weighted by Crippen LogP contribution is -2.02. The number of carbonyl (C=O) groups is 1. The standard InChI is InChI=1S/C11H19N3O2S/c1-7(2)10-9(12)11(14(3)13-10)17-6-5-8(15)16-4/h7H,5-6,12H2,1-4H3. The van der Waals surface area contributed by atoms with Crippen LogP contribution in [0, 0.1) is 0 Å². The Hall–Kier alpha value is -1.17. The van der Waals surface area contributed by atoms with Crippen molar-refractivity contribution in [2.75, 3.05) is 18.6 Å². The van der Waals surface area contributed by atoms with Crippen molar-refractivity contribution in [1.82, 2.24) is 9.78 Å². The molecule has 0 fully saturated rings. The van der Waals surface area contributed by atoms with Gasteiger partial charge in [-0.3, -0.25) is 9.48 Å². The lowest BCUT2D eigenvalue weighted by molar-refractivity contribution is -0.140. The SMILES string of the molecule is COC(=O)CCSc1c(N)c(C(C)C)nn1C. The summed E-state index contributed by atoms with van der Waals surface area (Å²) in [6.07, 6.45) is 0.378. The van der Waals surface area contributed by atoms with E-state index in [1.165, 1.54) is 18.9 Å². The van der Waals surface area contributed by atoms with Gasteiger partial charge in [0, 0.05) is 12.8 Å². The van der Waals surface area contributed by atoms with Gasteiger partial charge in [0.2, 0.25) is 0 Å². The van der Waals surface area contributed by atoms with E-state index in [2.05, 4.69) is 23.7 Å². The van der Waals surface area contributed by atoms with Crippen LogP contribution < -0.4 is 5.73 Å². The van der Waals surface area contributed by atoms with Gasteiger partial charge < -0.3 is 10.5 Å². The molecule has 1 aromatic rings. The highest BCUT2D eigenvalue weighted by Crippen LogP contribution is 2.31. The van der Waals surface area contributed by atoms with Crippen LogP contribution in [0.3, 0.4) is 0 Å². The van der Waals surface area contributed by atoms with Crippen LogP contribution in [0.15, 0.2) is 5.03 Å². The largest absolute Gasteiger partial charge is 0.469 e. The molecule has 5 nitrogen and oxygen atoms in total. The Morgan fingerprint density at radius 2 is 2.24 bits per heavy atom. The maximum atomic E-state index is 11.0. The molecular weight excluding hydrogens is 238 g/mol. The minimum absolute atomic E-state index is 0.206. The van der Waals surface area contributed by atoms with Gasteiger partial charge in [0.05, 0.1) is 24.9 Å². The Morgan fingerprint density at radius 1 is 1.59 bits per heavy atom. The minimum Gasteiger partial charge on any atom is -0.469 e. The van der Waals surface area contributed by atoms with Crippen LogP contribution in [-0.2, 0) is 16.6 Å². The molecule has 0 bridgehead atoms.